The number of rotatable bonds is 5. The third-order valence-corrected chi connectivity index (χ3v) is 3.70. The van der Waals surface area contributed by atoms with Gasteiger partial charge in [0.05, 0.1) is 9.50 Å². The van der Waals surface area contributed by atoms with Crippen LogP contribution < -0.4 is 10.1 Å². The van der Waals surface area contributed by atoms with Crippen LogP contribution in [0.1, 0.15) is 11.1 Å². The van der Waals surface area contributed by atoms with Crippen LogP contribution in [0.5, 0.6) is 5.75 Å². The van der Waals surface area contributed by atoms with Crippen molar-refractivity contribution in [2.45, 2.75) is 13.2 Å². The highest BCUT2D eigenvalue weighted by atomic mass is 79.9. The second-order valence-electron chi connectivity index (χ2n) is 4.30. The Morgan fingerprint density at radius 3 is 2.80 bits per heavy atom. The maximum atomic E-state index is 13.7. The van der Waals surface area contributed by atoms with Crippen molar-refractivity contribution in [2.24, 2.45) is 0 Å². The topological polar surface area (TPSA) is 21.3 Å². The van der Waals surface area contributed by atoms with E-state index in [1.165, 1.54) is 6.07 Å². The smallest absolute Gasteiger partial charge is 0.148 e. The normalized spacial score (nSPS) is 10.6. The van der Waals surface area contributed by atoms with Crippen molar-refractivity contribution in [3.63, 3.8) is 0 Å². The molecule has 1 N–H and O–H groups in total. The number of hydrogen-bond acceptors (Lipinski definition) is 2. The second kappa shape index (κ2) is 7.07. The first-order chi connectivity index (χ1) is 9.61. The summed E-state index contributed by atoms with van der Waals surface area (Å²) in [5, 5.41) is 3.18. The summed E-state index contributed by atoms with van der Waals surface area (Å²) in [7, 11) is 1.89. The van der Waals surface area contributed by atoms with Crippen molar-refractivity contribution in [3.8, 4) is 5.75 Å². The predicted molar refractivity (Wildman–Crippen MR) is 82.6 cm³/mol. The molecule has 0 saturated heterocycles. The number of hydrogen-bond donors (Lipinski definition) is 1. The van der Waals surface area contributed by atoms with Crippen molar-refractivity contribution in [1.82, 2.24) is 5.32 Å². The molecule has 0 bridgehead atoms. The summed E-state index contributed by atoms with van der Waals surface area (Å²) in [5.41, 5.74) is 1.57. The first-order valence-corrected chi connectivity index (χ1v) is 7.27. The average molecular weight is 359 g/mol. The summed E-state index contributed by atoms with van der Waals surface area (Å²) >= 11 is 9.19. The zero-order chi connectivity index (χ0) is 14.5. The summed E-state index contributed by atoms with van der Waals surface area (Å²) < 4.78 is 20.2. The Hall–Kier alpha value is -1.10. The molecule has 5 heteroatoms. The molecule has 0 aliphatic heterocycles. The highest BCUT2D eigenvalue weighted by molar-refractivity contribution is 9.10. The fourth-order valence-electron chi connectivity index (χ4n) is 1.79. The number of benzene rings is 2. The Balaban J connectivity index is 2.09. The van der Waals surface area contributed by atoms with Gasteiger partial charge in [-0.25, -0.2) is 4.39 Å². The van der Waals surface area contributed by atoms with Crippen molar-refractivity contribution >= 4 is 27.5 Å². The maximum Gasteiger partial charge on any atom is 0.148 e. The molecular weight excluding hydrogens is 345 g/mol. The van der Waals surface area contributed by atoms with Crippen LogP contribution in [0.25, 0.3) is 0 Å². The molecule has 2 aromatic carbocycles. The van der Waals surface area contributed by atoms with Gasteiger partial charge in [-0.1, -0.05) is 29.8 Å². The van der Waals surface area contributed by atoms with E-state index < -0.39 is 5.82 Å². The Kier molecular flexibility index (Phi) is 5.40. The number of ether oxygens (including phenoxy) is 1. The molecule has 20 heavy (non-hydrogen) atoms. The van der Waals surface area contributed by atoms with Gasteiger partial charge in [0.25, 0.3) is 0 Å². The molecule has 0 aliphatic carbocycles. The summed E-state index contributed by atoms with van der Waals surface area (Å²) in [4.78, 5) is 0. The van der Waals surface area contributed by atoms with Crippen LogP contribution in [0.3, 0.4) is 0 Å². The summed E-state index contributed by atoms with van der Waals surface area (Å²) in [6.45, 7) is 0.915. The highest BCUT2D eigenvalue weighted by Crippen LogP contribution is 2.27. The molecule has 106 valence electrons. The van der Waals surface area contributed by atoms with Crippen LogP contribution in [-0.2, 0) is 13.2 Å². The lowest BCUT2D eigenvalue weighted by Gasteiger charge is -2.11. The van der Waals surface area contributed by atoms with E-state index in [4.69, 9.17) is 16.3 Å². The van der Waals surface area contributed by atoms with Gasteiger partial charge in [-0.05, 0) is 46.7 Å². The van der Waals surface area contributed by atoms with Gasteiger partial charge >= 0.3 is 0 Å². The molecule has 2 aromatic rings. The predicted octanol–water partition coefficient (Wildman–Crippen LogP) is 4.54. The first kappa shape index (κ1) is 15.3. The minimum absolute atomic E-state index is 0.106. The maximum absolute atomic E-state index is 13.7. The quantitative estimate of drug-likeness (QED) is 0.847. The lowest BCUT2D eigenvalue weighted by atomic mass is 10.2. The Morgan fingerprint density at radius 2 is 2.10 bits per heavy atom. The molecule has 0 fully saturated rings. The van der Waals surface area contributed by atoms with Crippen LogP contribution in [0.2, 0.25) is 5.02 Å². The van der Waals surface area contributed by atoms with Crippen molar-refractivity contribution in [2.75, 3.05) is 7.05 Å². The van der Waals surface area contributed by atoms with Gasteiger partial charge in [-0.3, -0.25) is 0 Å². The number of halogens is 3. The fourth-order valence-corrected chi connectivity index (χ4v) is 2.53. The molecule has 0 radical (unpaired) electrons. The van der Waals surface area contributed by atoms with Crippen LogP contribution in [-0.4, -0.2) is 7.05 Å². The van der Waals surface area contributed by atoms with Gasteiger partial charge in [-0.15, -0.1) is 0 Å². The monoisotopic (exact) mass is 357 g/mol. The van der Waals surface area contributed by atoms with Gasteiger partial charge in [-0.2, -0.15) is 0 Å². The van der Waals surface area contributed by atoms with E-state index in [-0.39, 0.29) is 11.6 Å². The fraction of sp³-hybridized carbons (Fsp3) is 0.200. The standard InChI is InChI=1S/C15H14BrClFNO/c1-19-8-10-5-6-14(12(16)7-10)20-9-11-3-2-4-13(17)15(11)18/h2-7,19H,8-9H2,1H3. The number of nitrogens with one attached hydrogen (secondary N) is 1. The van der Waals surface area contributed by atoms with Crippen LogP contribution in [0.15, 0.2) is 40.9 Å². The molecule has 0 spiro atoms. The van der Waals surface area contributed by atoms with E-state index in [0.29, 0.717) is 11.3 Å². The lowest BCUT2D eigenvalue weighted by Crippen LogP contribution is -2.05. The Morgan fingerprint density at radius 1 is 1.30 bits per heavy atom. The zero-order valence-electron chi connectivity index (χ0n) is 10.9. The molecule has 2 nitrogen and oxygen atoms in total. The van der Waals surface area contributed by atoms with Crippen LogP contribution >= 0.6 is 27.5 Å². The van der Waals surface area contributed by atoms with Crippen LogP contribution in [0.4, 0.5) is 4.39 Å². The van der Waals surface area contributed by atoms with Crippen molar-refractivity contribution in [3.05, 3.63) is 62.8 Å². The van der Waals surface area contributed by atoms with Gasteiger partial charge in [0.2, 0.25) is 0 Å². The van der Waals surface area contributed by atoms with Gasteiger partial charge in [0.1, 0.15) is 18.2 Å². The minimum atomic E-state index is -0.433. The molecule has 0 heterocycles. The molecule has 0 saturated carbocycles. The molecule has 0 atom stereocenters. The highest BCUT2D eigenvalue weighted by Gasteiger charge is 2.08. The Bertz CT molecular complexity index is 606. The molecule has 2 rings (SSSR count). The molecular formula is C15H14BrClFNO. The molecule has 0 unspecified atom stereocenters. The third-order valence-electron chi connectivity index (χ3n) is 2.79. The van der Waals surface area contributed by atoms with Gasteiger partial charge in [0.15, 0.2) is 0 Å². The molecule has 0 aromatic heterocycles. The lowest BCUT2D eigenvalue weighted by molar-refractivity contribution is 0.298. The second-order valence-corrected chi connectivity index (χ2v) is 5.56. The van der Waals surface area contributed by atoms with E-state index in [0.717, 1.165) is 16.6 Å². The molecule has 0 aliphatic rings. The van der Waals surface area contributed by atoms with Crippen LogP contribution in [0, 0.1) is 5.82 Å². The van der Waals surface area contributed by atoms with E-state index in [1.54, 1.807) is 12.1 Å². The van der Waals surface area contributed by atoms with E-state index in [9.17, 15) is 4.39 Å². The van der Waals surface area contributed by atoms with Crippen molar-refractivity contribution in [1.29, 1.82) is 0 Å². The van der Waals surface area contributed by atoms with Crippen molar-refractivity contribution < 1.29 is 9.13 Å². The van der Waals surface area contributed by atoms with E-state index >= 15 is 0 Å². The SMILES string of the molecule is CNCc1ccc(OCc2cccc(Cl)c2F)c(Br)c1. The first-order valence-electron chi connectivity index (χ1n) is 6.10. The Labute approximate surface area is 131 Å². The average Bonchev–Trinajstić information content (AvgIpc) is 2.42. The third kappa shape index (κ3) is 3.72. The van der Waals surface area contributed by atoms with E-state index in [1.807, 2.05) is 25.2 Å². The van der Waals surface area contributed by atoms with Gasteiger partial charge < -0.3 is 10.1 Å². The van der Waals surface area contributed by atoms with Gasteiger partial charge in [0, 0.05) is 12.1 Å². The summed E-state index contributed by atoms with van der Waals surface area (Å²) in [6, 6.07) is 10.7. The zero-order valence-corrected chi connectivity index (χ0v) is 13.3. The summed E-state index contributed by atoms with van der Waals surface area (Å²) in [5.74, 6) is 0.237. The van der Waals surface area contributed by atoms with E-state index in [2.05, 4.69) is 21.2 Å². The minimum Gasteiger partial charge on any atom is -0.488 e. The molecule has 0 amide bonds. The summed E-state index contributed by atoms with van der Waals surface area (Å²) in [6.07, 6.45) is 0. The largest absolute Gasteiger partial charge is 0.488 e.